The number of aryl methyl sites for hydroxylation is 1. The molecule has 0 saturated carbocycles. The van der Waals surface area contributed by atoms with Gasteiger partial charge in [-0.15, -0.1) is 5.10 Å². The van der Waals surface area contributed by atoms with E-state index in [0.29, 0.717) is 18.2 Å². The zero-order chi connectivity index (χ0) is 21.4. The third-order valence-electron chi connectivity index (χ3n) is 4.99. The van der Waals surface area contributed by atoms with Crippen molar-refractivity contribution < 1.29 is 9.13 Å². The van der Waals surface area contributed by atoms with Crippen LogP contribution in [0.15, 0.2) is 61.2 Å². The number of hydrogen-bond donors (Lipinski definition) is 1. The fraction of sp³-hybridized carbons (Fsp3) is 0.136. The van der Waals surface area contributed by atoms with E-state index in [1.807, 2.05) is 53.2 Å². The van der Waals surface area contributed by atoms with Crippen LogP contribution in [-0.2, 0) is 6.54 Å². The monoisotopic (exact) mass is 417 g/mol. The van der Waals surface area contributed by atoms with Crippen LogP contribution in [0.1, 0.15) is 11.5 Å². The lowest BCUT2D eigenvalue weighted by molar-refractivity contribution is 0.413. The summed E-state index contributed by atoms with van der Waals surface area (Å²) in [6.07, 6.45) is 7.41. The molecule has 1 N–H and O–H groups in total. The van der Waals surface area contributed by atoms with Crippen molar-refractivity contribution in [2.24, 2.45) is 0 Å². The van der Waals surface area contributed by atoms with Crippen molar-refractivity contribution in [2.45, 2.75) is 13.5 Å². The van der Waals surface area contributed by atoms with Gasteiger partial charge >= 0.3 is 0 Å². The molecular formula is C22H20FN7O. The van der Waals surface area contributed by atoms with Gasteiger partial charge in [-0.2, -0.15) is 4.98 Å². The van der Waals surface area contributed by atoms with Crippen LogP contribution >= 0.6 is 0 Å². The molecule has 31 heavy (non-hydrogen) atoms. The summed E-state index contributed by atoms with van der Waals surface area (Å²) in [6, 6.07) is 12.1. The molecule has 0 unspecified atom stereocenters. The van der Waals surface area contributed by atoms with Gasteiger partial charge in [0.05, 0.1) is 31.4 Å². The summed E-state index contributed by atoms with van der Waals surface area (Å²) in [5.74, 6) is 1.69. The molecule has 4 aromatic rings. The minimum atomic E-state index is -0.260. The van der Waals surface area contributed by atoms with Crippen molar-refractivity contribution in [3.8, 4) is 11.4 Å². The zero-order valence-electron chi connectivity index (χ0n) is 17.0. The fourth-order valence-electron chi connectivity index (χ4n) is 3.45. The topological polar surface area (TPSA) is 73.0 Å². The lowest BCUT2D eigenvalue weighted by atomic mass is 10.2. The maximum absolute atomic E-state index is 13.2. The van der Waals surface area contributed by atoms with Crippen LogP contribution in [0.4, 0.5) is 21.7 Å². The summed E-state index contributed by atoms with van der Waals surface area (Å²) in [4.78, 5) is 10.8. The minimum absolute atomic E-state index is 0.260. The SMILES string of the molecule is COc1cc(Nc2nc3n(n2)C=CN(c2ccc(F)cc2)C3)ccc1-n1cnc(C)c1. The molecule has 0 radical (unpaired) electrons. The number of nitrogens with one attached hydrogen (secondary N) is 1. The molecule has 0 bridgehead atoms. The molecule has 9 heteroatoms. The van der Waals surface area contributed by atoms with E-state index in [1.165, 1.54) is 12.1 Å². The highest BCUT2D eigenvalue weighted by Crippen LogP contribution is 2.28. The quantitative estimate of drug-likeness (QED) is 0.527. The Balaban J connectivity index is 1.35. The van der Waals surface area contributed by atoms with Crippen LogP contribution in [0.5, 0.6) is 5.75 Å². The van der Waals surface area contributed by atoms with Crippen LogP contribution in [0.25, 0.3) is 11.9 Å². The summed E-state index contributed by atoms with van der Waals surface area (Å²) < 4.78 is 22.4. The predicted molar refractivity (Wildman–Crippen MR) is 116 cm³/mol. The number of methoxy groups -OCH3 is 1. The summed E-state index contributed by atoms with van der Waals surface area (Å²) in [5, 5.41) is 7.72. The van der Waals surface area contributed by atoms with E-state index in [0.717, 1.165) is 28.6 Å². The second kappa shape index (κ2) is 7.60. The molecular weight excluding hydrogens is 397 g/mol. The summed E-state index contributed by atoms with van der Waals surface area (Å²) in [7, 11) is 1.63. The minimum Gasteiger partial charge on any atom is -0.494 e. The summed E-state index contributed by atoms with van der Waals surface area (Å²) in [5.41, 5.74) is 3.51. The largest absolute Gasteiger partial charge is 0.494 e. The number of anilines is 3. The smallest absolute Gasteiger partial charge is 0.247 e. The van der Waals surface area contributed by atoms with Gasteiger partial charge in [0.2, 0.25) is 5.95 Å². The van der Waals surface area contributed by atoms with Crippen LogP contribution in [-0.4, -0.2) is 31.4 Å². The third-order valence-corrected chi connectivity index (χ3v) is 4.99. The lowest BCUT2D eigenvalue weighted by Gasteiger charge is -2.22. The first-order valence-corrected chi connectivity index (χ1v) is 9.71. The molecule has 2 aromatic carbocycles. The molecule has 0 fully saturated rings. The lowest BCUT2D eigenvalue weighted by Crippen LogP contribution is -2.22. The summed E-state index contributed by atoms with van der Waals surface area (Å²) in [6.45, 7) is 2.47. The first-order chi connectivity index (χ1) is 15.1. The van der Waals surface area contributed by atoms with Crippen molar-refractivity contribution in [2.75, 3.05) is 17.3 Å². The highest BCUT2D eigenvalue weighted by Gasteiger charge is 2.17. The van der Waals surface area contributed by atoms with Gasteiger partial charge in [-0.3, -0.25) is 0 Å². The zero-order valence-corrected chi connectivity index (χ0v) is 17.0. The first-order valence-electron chi connectivity index (χ1n) is 9.71. The van der Waals surface area contributed by atoms with Crippen molar-refractivity contribution in [3.63, 3.8) is 0 Å². The van der Waals surface area contributed by atoms with Crippen molar-refractivity contribution in [1.82, 2.24) is 24.3 Å². The van der Waals surface area contributed by atoms with Crippen LogP contribution < -0.4 is 15.0 Å². The van der Waals surface area contributed by atoms with Gasteiger partial charge < -0.3 is 19.5 Å². The number of aromatic nitrogens is 5. The van der Waals surface area contributed by atoms with E-state index in [4.69, 9.17) is 4.74 Å². The molecule has 0 atom stereocenters. The molecule has 5 rings (SSSR count). The van der Waals surface area contributed by atoms with Gasteiger partial charge in [-0.25, -0.2) is 14.1 Å². The average molecular weight is 417 g/mol. The standard InChI is InChI=1S/C22H20FN7O/c1-15-12-29(14-24-15)19-8-5-17(11-20(19)31-2)25-22-26-21-13-28(9-10-30(21)27-22)18-6-3-16(23)4-7-18/h3-12,14H,13H2,1-2H3,(H,25,27). The Labute approximate surface area is 178 Å². The van der Waals surface area contributed by atoms with Gasteiger partial charge in [-0.1, -0.05) is 0 Å². The molecule has 0 amide bonds. The number of imidazole rings is 1. The maximum atomic E-state index is 13.2. The van der Waals surface area contributed by atoms with E-state index in [2.05, 4.69) is 20.4 Å². The maximum Gasteiger partial charge on any atom is 0.247 e. The normalized spacial score (nSPS) is 12.7. The summed E-state index contributed by atoms with van der Waals surface area (Å²) >= 11 is 0. The average Bonchev–Trinajstić information content (AvgIpc) is 3.39. The number of nitrogens with zero attached hydrogens (tertiary/aromatic N) is 6. The van der Waals surface area contributed by atoms with Gasteiger partial charge in [0.1, 0.15) is 11.6 Å². The van der Waals surface area contributed by atoms with Gasteiger partial charge in [0.25, 0.3) is 0 Å². The molecule has 0 spiro atoms. The Morgan fingerprint density at radius 3 is 2.68 bits per heavy atom. The predicted octanol–water partition coefficient (Wildman–Crippen LogP) is 4.11. The van der Waals surface area contributed by atoms with Crippen LogP contribution in [0.3, 0.4) is 0 Å². The Morgan fingerprint density at radius 2 is 1.94 bits per heavy atom. The Morgan fingerprint density at radius 1 is 1.10 bits per heavy atom. The van der Waals surface area contributed by atoms with E-state index in [-0.39, 0.29) is 5.82 Å². The molecule has 8 nitrogen and oxygen atoms in total. The number of benzene rings is 2. The van der Waals surface area contributed by atoms with E-state index >= 15 is 0 Å². The highest BCUT2D eigenvalue weighted by molar-refractivity contribution is 5.62. The van der Waals surface area contributed by atoms with Crippen LogP contribution in [0.2, 0.25) is 0 Å². The van der Waals surface area contributed by atoms with E-state index in [9.17, 15) is 4.39 Å². The molecule has 2 aromatic heterocycles. The van der Waals surface area contributed by atoms with Crippen LogP contribution in [0, 0.1) is 12.7 Å². The molecule has 0 saturated heterocycles. The second-order valence-electron chi connectivity index (χ2n) is 7.13. The van der Waals surface area contributed by atoms with Gasteiger partial charge in [-0.05, 0) is 43.3 Å². The molecule has 1 aliphatic rings. The first kappa shape index (κ1) is 18.9. The molecule has 0 aliphatic carbocycles. The highest BCUT2D eigenvalue weighted by atomic mass is 19.1. The van der Waals surface area contributed by atoms with Crippen molar-refractivity contribution in [1.29, 1.82) is 0 Å². The number of hydrogen-bond acceptors (Lipinski definition) is 6. The van der Waals surface area contributed by atoms with E-state index in [1.54, 1.807) is 30.3 Å². The second-order valence-corrected chi connectivity index (χ2v) is 7.13. The molecule has 1 aliphatic heterocycles. The van der Waals surface area contributed by atoms with Crippen molar-refractivity contribution >= 4 is 23.5 Å². The Bertz CT molecular complexity index is 1260. The Kier molecular flexibility index (Phi) is 4.62. The number of fused-ring (bicyclic) bond motifs is 1. The van der Waals surface area contributed by atoms with Gasteiger partial charge in [0, 0.05) is 36.0 Å². The number of ether oxygens (including phenoxy) is 1. The fourth-order valence-corrected chi connectivity index (χ4v) is 3.45. The van der Waals surface area contributed by atoms with Gasteiger partial charge in [0.15, 0.2) is 5.82 Å². The third kappa shape index (κ3) is 3.73. The van der Waals surface area contributed by atoms with Crippen molar-refractivity contribution in [3.05, 3.63) is 78.5 Å². The number of halogens is 1. The molecule has 156 valence electrons. The van der Waals surface area contributed by atoms with E-state index < -0.39 is 0 Å². The Hall–Kier alpha value is -4.14. The molecule has 3 heterocycles. The number of rotatable bonds is 5.